The van der Waals surface area contributed by atoms with Gasteiger partial charge in [-0.3, -0.25) is 4.90 Å². The molecule has 0 radical (unpaired) electrons. The van der Waals surface area contributed by atoms with Gasteiger partial charge in [0.05, 0.1) is 0 Å². The predicted octanol–water partition coefficient (Wildman–Crippen LogP) is 7.03. The molecule has 2 aliphatic carbocycles. The Labute approximate surface area is 185 Å². The zero-order valence-corrected chi connectivity index (χ0v) is 21.9. The van der Waals surface area contributed by atoms with Crippen molar-refractivity contribution in [2.45, 2.75) is 71.1 Å². The van der Waals surface area contributed by atoms with Crippen molar-refractivity contribution in [2.24, 2.45) is 5.41 Å². The molecule has 2 unspecified atom stereocenters. The van der Waals surface area contributed by atoms with Crippen LogP contribution >= 0.6 is 18.6 Å². The zero-order valence-electron chi connectivity index (χ0n) is 17.9. The second kappa shape index (κ2) is 10.6. The zero-order chi connectivity index (χ0) is 19.4. The van der Waals surface area contributed by atoms with Gasteiger partial charge < -0.3 is 12.4 Å². The number of hydrogen-bond donors (Lipinski definition) is 0. The van der Waals surface area contributed by atoms with Crippen molar-refractivity contribution < 1.29 is 17.0 Å². The van der Waals surface area contributed by atoms with E-state index in [0.29, 0.717) is 11.5 Å². The summed E-state index contributed by atoms with van der Waals surface area (Å²) < 4.78 is 0. The fourth-order valence-electron chi connectivity index (χ4n) is 4.73. The van der Waals surface area contributed by atoms with E-state index < -0.39 is 25.3 Å². The van der Waals surface area contributed by atoms with Crippen LogP contribution in [0, 0.1) is 12.8 Å². The van der Waals surface area contributed by atoms with E-state index in [4.69, 9.17) is 23.6 Å². The third-order valence-electron chi connectivity index (χ3n) is 5.58. The Balaban J connectivity index is 0.000000855. The summed E-state index contributed by atoms with van der Waals surface area (Å²) in [6.45, 7) is 14.1. The van der Waals surface area contributed by atoms with Crippen LogP contribution in [0.5, 0.6) is 0 Å². The van der Waals surface area contributed by atoms with Crippen molar-refractivity contribution >= 4 is 26.8 Å². The standard InChI is InChI=1S/C20H33N2Si.CH3.2ClH.Ti/c1-19(2,3)21-23(4,5)17-15-18(22-13-9-10-14-22)20(16-17)11-7-6-8-12-20;;;;/h6-8,11,15,18H,9-10,12-14,16H2,1-5H3;1H3;2*1H;/q2*-1;;;+2/p-2. The molecular weight excluding hydrogens is 427 g/mol. The van der Waals surface area contributed by atoms with Gasteiger partial charge in [0.1, 0.15) is 0 Å². The van der Waals surface area contributed by atoms with Gasteiger partial charge in [-0.2, -0.15) is 0 Å². The van der Waals surface area contributed by atoms with Gasteiger partial charge >= 0.3 is 35.6 Å². The van der Waals surface area contributed by atoms with E-state index in [9.17, 15) is 0 Å². The Morgan fingerprint density at radius 3 is 2.26 bits per heavy atom. The first kappa shape index (κ1) is 25.7. The van der Waals surface area contributed by atoms with E-state index in [1.807, 2.05) is 0 Å². The van der Waals surface area contributed by atoms with E-state index in [1.54, 1.807) is 5.20 Å². The second-order valence-electron chi connectivity index (χ2n) is 9.19. The van der Waals surface area contributed by atoms with E-state index in [0.717, 1.165) is 0 Å². The topological polar surface area (TPSA) is 17.3 Å². The predicted molar refractivity (Wildman–Crippen MR) is 121 cm³/mol. The van der Waals surface area contributed by atoms with Crippen LogP contribution in [0.25, 0.3) is 4.98 Å². The molecule has 6 heteroatoms. The van der Waals surface area contributed by atoms with Crippen LogP contribution in [0.3, 0.4) is 0 Å². The van der Waals surface area contributed by atoms with Crippen LogP contribution in [0.4, 0.5) is 0 Å². The van der Waals surface area contributed by atoms with Crippen molar-refractivity contribution in [3.8, 4) is 0 Å². The van der Waals surface area contributed by atoms with Gasteiger partial charge in [0, 0.05) is 11.5 Å². The van der Waals surface area contributed by atoms with E-state index in [-0.39, 0.29) is 13.0 Å². The summed E-state index contributed by atoms with van der Waals surface area (Å²) in [7, 11) is 8.07. The molecule has 27 heavy (non-hydrogen) atoms. The molecule has 1 heterocycles. The molecule has 2 nitrogen and oxygen atoms in total. The molecule has 2 atom stereocenters. The molecule has 0 aromatic heterocycles. The van der Waals surface area contributed by atoms with Gasteiger partial charge in [0.15, 0.2) is 0 Å². The molecule has 0 aromatic rings. The van der Waals surface area contributed by atoms with Gasteiger partial charge in [-0.1, -0.05) is 64.2 Å². The first-order valence-corrected chi connectivity index (χ1v) is 16.9. The molecule has 1 saturated heterocycles. The molecule has 0 aromatic carbocycles. The summed E-state index contributed by atoms with van der Waals surface area (Å²) in [5.74, 6) is 0. The second-order valence-corrected chi connectivity index (χ2v) is 15.8. The van der Waals surface area contributed by atoms with Crippen LogP contribution in [0.1, 0.15) is 46.5 Å². The van der Waals surface area contributed by atoms with Crippen LogP contribution in [-0.2, 0) is 17.0 Å². The van der Waals surface area contributed by atoms with E-state index >= 15 is 0 Å². The Morgan fingerprint density at radius 1 is 1.19 bits per heavy atom. The minimum atomic E-state index is -1.71. The number of hydrogen-bond acceptors (Lipinski definition) is 1. The molecule has 0 saturated carbocycles. The molecule has 0 amide bonds. The third-order valence-corrected chi connectivity index (χ3v) is 8.72. The van der Waals surface area contributed by atoms with E-state index in [2.05, 4.69) is 69.1 Å². The molecule has 0 N–H and O–H groups in total. The van der Waals surface area contributed by atoms with E-state index in [1.165, 1.54) is 38.8 Å². The van der Waals surface area contributed by atoms with Gasteiger partial charge in [-0.15, -0.1) is 10.7 Å². The monoisotopic (exact) mass is 462 g/mol. The third kappa shape index (κ3) is 6.84. The Bertz CT molecular complexity index is 563. The molecule has 3 rings (SSSR count). The Morgan fingerprint density at radius 2 is 1.78 bits per heavy atom. The quantitative estimate of drug-likeness (QED) is 0.325. The molecule has 154 valence electrons. The van der Waals surface area contributed by atoms with Crippen LogP contribution in [0.2, 0.25) is 13.1 Å². The number of rotatable bonds is 3. The number of allylic oxidation sites excluding steroid dienone is 4. The molecule has 1 spiro atoms. The van der Waals surface area contributed by atoms with Crippen molar-refractivity contribution in [1.29, 1.82) is 0 Å². The molecule has 1 aliphatic heterocycles. The summed E-state index contributed by atoms with van der Waals surface area (Å²) in [6.07, 6.45) is 17.1. The number of halogens is 2. The van der Waals surface area contributed by atoms with Crippen molar-refractivity contribution in [2.75, 3.05) is 13.1 Å². The Hall–Kier alpha value is 0.651. The normalized spacial score (nSPS) is 27.8. The van der Waals surface area contributed by atoms with Crippen LogP contribution < -0.4 is 0 Å². The fraction of sp³-hybridized carbons (Fsp3) is 0.667. The summed E-state index contributed by atoms with van der Waals surface area (Å²) in [4.78, 5) is 8.01. The summed E-state index contributed by atoms with van der Waals surface area (Å²) in [5.41, 5.74) is 0.365. The Kier molecular flexibility index (Phi) is 10.1. The molecule has 0 bridgehead atoms. The SMILES string of the molecule is CC(C)(C)[N-][Si](C)(C)C1=CC(N2CCCC2)C2(C=CC=CC2)C1.[CH3-].[Cl][Ti][Cl]. The first-order chi connectivity index (χ1) is 12.1. The maximum absolute atomic E-state index is 5.27. The van der Waals surface area contributed by atoms with Crippen molar-refractivity contribution in [3.05, 3.63) is 48.0 Å². The van der Waals surface area contributed by atoms with Gasteiger partial charge in [0.25, 0.3) is 0 Å². The maximum atomic E-state index is 5.27. The average Bonchev–Trinajstić information content (AvgIpc) is 3.15. The summed E-state index contributed by atoms with van der Waals surface area (Å²) >= 11 is -0.556. The molecule has 3 aliphatic rings. The number of nitrogens with zero attached hydrogens (tertiary/aromatic N) is 2. The van der Waals surface area contributed by atoms with Crippen LogP contribution in [-0.4, -0.2) is 37.8 Å². The molecular formula is C21H36Cl2N2SiTi-2. The minimum absolute atomic E-state index is 0. The number of likely N-dealkylation sites (tertiary alicyclic amines) is 1. The first-order valence-electron chi connectivity index (χ1n) is 9.63. The molecule has 1 fully saturated rings. The summed E-state index contributed by atoms with van der Waals surface area (Å²) in [6, 6.07) is 0.586. The van der Waals surface area contributed by atoms with Crippen molar-refractivity contribution in [3.63, 3.8) is 0 Å². The average molecular weight is 463 g/mol. The van der Waals surface area contributed by atoms with Crippen LogP contribution in [0.15, 0.2) is 35.6 Å². The van der Waals surface area contributed by atoms with Crippen molar-refractivity contribution in [1.82, 2.24) is 4.90 Å². The fourth-order valence-corrected chi connectivity index (χ4v) is 7.87. The van der Waals surface area contributed by atoms with Gasteiger partial charge in [0.2, 0.25) is 0 Å². The van der Waals surface area contributed by atoms with Gasteiger partial charge in [-0.25, -0.2) is 0 Å². The van der Waals surface area contributed by atoms with Gasteiger partial charge in [-0.05, 0) is 47.0 Å². The summed E-state index contributed by atoms with van der Waals surface area (Å²) in [5, 5.41) is 1.67.